The van der Waals surface area contributed by atoms with Crippen LogP contribution >= 0.6 is 0 Å². The molecule has 3 atom stereocenters. The minimum atomic E-state index is 0.533. The first-order valence-electron chi connectivity index (χ1n) is 8.53. The van der Waals surface area contributed by atoms with Crippen LogP contribution in [-0.2, 0) is 0 Å². The van der Waals surface area contributed by atoms with Crippen molar-refractivity contribution in [1.82, 2.24) is 5.32 Å². The van der Waals surface area contributed by atoms with Crippen molar-refractivity contribution in [3.63, 3.8) is 0 Å². The van der Waals surface area contributed by atoms with E-state index >= 15 is 0 Å². The third-order valence-electron chi connectivity index (χ3n) is 4.87. The fraction of sp³-hybridized carbons (Fsp3) is 0.684. The molecule has 1 aromatic rings. The lowest BCUT2D eigenvalue weighted by Crippen LogP contribution is -2.42. The van der Waals surface area contributed by atoms with Crippen molar-refractivity contribution in [2.45, 2.75) is 71.4 Å². The number of hydrogen-bond acceptors (Lipinski definition) is 1. The topological polar surface area (TPSA) is 12.0 Å². The van der Waals surface area contributed by atoms with Crippen LogP contribution in [-0.4, -0.2) is 6.04 Å². The Morgan fingerprint density at radius 1 is 1.10 bits per heavy atom. The highest BCUT2D eigenvalue weighted by molar-refractivity contribution is 5.19. The summed E-state index contributed by atoms with van der Waals surface area (Å²) in [5.74, 6) is 1.65. The standard InChI is InChI=1S/C19H31N/c1-4-10-18(16-11-6-5-7-12-16)20-19-14-9-8-13-17(19)15(2)3/h5-7,11-12,15,17-20H,4,8-10,13-14H2,1-3H3. The van der Waals surface area contributed by atoms with E-state index < -0.39 is 0 Å². The van der Waals surface area contributed by atoms with E-state index in [0.717, 1.165) is 11.8 Å². The summed E-state index contributed by atoms with van der Waals surface area (Å²) in [6.07, 6.45) is 8.06. The van der Waals surface area contributed by atoms with Crippen LogP contribution in [0, 0.1) is 11.8 Å². The third kappa shape index (κ3) is 4.09. The molecule has 1 saturated carbocycles. The van der Waals surface area contributed by atoms with Gasteiger partial charge in [0.05, 0.1) is 0 Å². The van der Waals surface area contributed by atoms with Crippen LogP contribution in [0.3, 0.4) is 0 Å². The van der Waals surface area contributed by atoms with Crippen molar-refractivity contribution in [1.29, 1.82) is 0 Å². The van der Waals surface area contributed by atoms with E-state index in [9.17, 15) is 0 Å². The van der Waals surface area contributed by atoms with Crippen LogP contribution in [0.5, 0.6) is 0 Å². The minimum Gasteiger partial charge on any atom is -0.307 e. The van der Waals surface area contributed by atoms with Gasteiger partial charge in [-0.3, -0.25) is 0 Å². The van der Waals surface area contributed by atoms with E-state index in [1.165, 1.54) is 44.1 Å². The summed E-state index contributed by atoms with van der Waals surface area (Å²) < 4.78 is 0. The zero-order valence-electron chi connectivity index (χ0n) is 13.4. The predicted octanol–water partition coefficient (Wildman–Crippen LogP) is 5.33. The fourth-order valence-corrected chi connectivity index (χ4v) is 3.74. The molecule has 1 nitrogen and oxygen atoms in total. The zero-order chi connectivity index (χ0) is 14.4. The van der Waals surface area contributed by atoms with Crippen LogP contribution < -0.4 is 5.32 Å². The van der Waals surface area contributed by atoms with E-state index in [4.69, 9.17) is 0 Å². The van der Waals surface area contributed by atoms with Gasteiger partial charge in [-0.2, -0.15) is 0 Å². The van der Waals surface area contributed by atoms with Crippen molar-refractivity contribution < 1.29 is 0 Å². The molecule has 1 fully saturated rings. The maximum absolute atomic E-state index is 4.00. The van der Waals surface area contributed by atoms with Crippen LogP contribution in [0.1, 0.15) is 70.9 Å². The molecular weight excluding hydrogens is 242 g/mol. The molecule has 2 rings (SSSR count). The average Bonchev–Trinajstić information content (AvgIpc) is 2.48. The minimum absolute atomic E-state index is 0.533. The molecule has 20 heavy (non-hydrogen) atoms. The quantitative estimate of drug-likeness (QED) is 0.738. The summed E-state index contributed by atoms with van der Waals surface area (Å²) in [5.41, 5.74) is 1.46. The molecule has 0 radical (unpaired) electrons. The summed E-state index contributed by atoms with van der Waals surface area (Å²) in [4.78, 5) is 0. The van der Waals surface area contributed by atoms with Gasteiger partial charge in [0.15, 0.2) is 0 Å². The van der Waals surface area contributed by atoms with Gasteiger partial charge in [-0.05, 0) is 36.7 Å². The van der Waals surface area contributed by atoms with Gasteiger partial charge in [-0.15, -0.1) is 0 Å². The molecule has 0 aromatic heterocycles. The molecule has 1 aliphatic carbocycles. The SMILES string of the molecule is CCCC(NC1CCCCC1C(C)C)c1ccccc1. The monoisotopic (exact) mass is 273 g/mol. The Hall–Kier alpha value is -0.820. The lowest BCUT2D eigenvalue weighted by Gasteiger charge is -2.37. The van der Waals surface area contributed by atoms with Gasteiger partial charge in [0.25, 0.3) is 0 Å². The Labute approximate surface area is 125 Å². The largest absolute Gasteiger partial charge is 0.307 e. The smallest absolute Gasteiger partial charge is 0.0322 e. The first kappa shape index (κ1) is 15.6. The van der Waals surface area contributed by atoms with Crippen molar-refractivity contribution >= 4 is 0 Å². The number of hydrogen-bond donors (Lipinski definition) is 1. The number of nitrogens with one attached hydrogen (secondary N) is 1. The van der Waals surface area contributed by atoms with Crippen LogP contribution in [0.4, 0.5) is 0 Å². The highest BCUT2D eigenvalue weighted by Gasteiger charge is 2.29. The molecule has 0 aliphatic heterocycles. The molecule has 0 bridgehead atoms. The summed E-state index contributed by atoms with van der Waals surface area (Å²) >= 11 is 0. The fourth-order valence-electron chi connectivity index (χ4n) is 3.74. The normalized spacial score (nSPS) is 24.8. The van der Waals surface area contributed by atoms with Gasteiger partial charge >= 0.3 is 0 Å². The summed E-state index contributed by atoms with van der Waals surface area (Å²) in [5, 5.41) is 4.00. The highest BCUT2D eigenvalue weighted by atomic mass is 15.0. The van der Waals surface area contributed by atoms with Gasteiger partial charge in [0.2, 0.25) is 0 Å². The second-order valence-electron chi connectivity index (χ2n) is 6.72. The maximum Gasteiger partial charge on any atom is 0.0322 e. The first-order chi connectivity index (χ1) is 9.72. The molecule has 0 spiro atoms. The van der Waals surface area contributed by atoms with Crippen LogP contribution in [0.2, 0.25) is 0 Å². The molecular formula is C19H31N. The van der Waals surface area contributed by atoms with Crippen LogP contribution in [0.15, 0.2) is 30.3 Å². The zero-order valence-corrected chi connectivity index (χ0v) is 13.4. The molecule has 112 valence electrons. The lowest BCUT2D eigenvalue weighted by molar-refractivity contribution is 0.189. The summed E-state index contributed by atoms with van der Waals surface area (Å²) in [6.45, 7) is 7.07. The predicted molar refractivity (Wildman–Crippen MR) is 87.8 cm³/mol. The van der Waals surface area contributed by atoms with Crippen molar-refractivity contribution in [3.05, 3.63) is 35.9 Å². The highest BCUT2D eigenvalue weighted by Crippen LogP contribution is 2.32. The van der Waals surface area contributed by atoms with E-state index in [1.807, 2.05) is 0 Å². The maximum atomic E-state index is 4.00. The molecule has 0 amide bonds. The second-order valence-corrected chi connectivity index (χ2v) is 6.72. The molecule has 0 heterocycles. The Morgan fingerprint density at radius 2 is 1.80 bits per heavy atom. The van der Waals surface area contributed by atoms with Gasteiger partial charge in [0, 0.05) is 12.1 Å². The van der Waals surface area contributed by atoms with Crippen LogP contribution in [0.25, 0.3) is 0 Å². The van der Waals surface area contributed by atoms with Gasteiger partial charge in [-0.25, -0.2) is 0 Å². The Kier molecular flexibility index (Phi) is 6.09. The summed E-state index contributed by atoms with van der Waals surface area (Å²) in [6, 6.07) is 12.2. The molecule has 3 unspecified atom stereocenters. The van der Waals surface area contributed by atoms with Gasteiger partial charge < -0.3 is 5.32 Å². The molecule has 0 saturated heterocycles. The number of benzene rings is 1. The molecule has 1 heteroatoms. The Balaban J connectivity index is 2.06. The van der Waals surface area contributed by atoms with E-state index in [-0.39, 0.29) is 0 Å². The van der Waals surface area contributed by atoms with Crippen molar-refractivity contribution in [2.24, 2.45) is 11.8 Å². The van der Waals surface area contributed by atoms with E-state index in [1.54, 1.807) is 0 Å². The average molecular weight is 273 g/mol. The number of rotatable bonds is 6. The second kappa shape index (κ2) is 7.83. The third-order valence-corrected chi connectivity index (χ3v) is 4.87. The molecule has 1 aromatic carbocycles. The lowest BCUT2D eigenvalue weighted by atomic mass is 9.77. The molecule has 1 N–H and O–H groups in total. The Morgan fingerprint density at radius 3 is 2.45 bits per heavy atom. The van der Waals surface area contributed by atoms with Gasteiger partial charge in [-0.1, -0.05) is 70.4 Å². The van der Waals surface area contributed by atoms with Gasteiger partial charge in [0.1, 0.15) is 0 Å². The van der Waals surface area contributed by atoms with Crippen molar-refractivity contribution in [3.8, 4) is 0 Å². The van der Waals surface area contributed by atoms with E-state index in [2.05, 4.69) is 56.4 Å². The Bertz CT molecular complexity index is 371. The summed E-state index contributed by atoms with van der Waals surface area (Å²) in [7, 11) is 0. The van der Waals surface area contributed by atoms with Crippen molar-refractivity contribution in [2.75, 3.05) is 0 Å². The van der Waals surface area contributed by atoms with E-state index in [0.29, 0.717) is 12.1 Å². The molecule has 1 aliphatic rings. The first-order valence-corrected chi connectivity index (χ1v) is 8.53.